The summed E-state index contributed by atoms with van der Waals surface area (Å²) in [5.74, 6) is 0.650. The van der Waals surface area contributed by atoms with Gasteiger partial charge in [-0.2, -0.15) is 0 Å². The summed E-state index contributed by atoms with van der Waals surface area (Å²) in [4.78, 5) is 6.84. The van der Waals surface area contributed by atoms with Gasteiger partial charge in [0.15, 0.2) is 0 Å². The van der Waals surface area contributed by atoms with Gasteiger partial charge in [0.25, 0.3) is 0 Å². The SMILES string of the molecule is CCC1CN(Cc2ccccn2)CCC1N. The molecule has 1 aromatic heterocycles. The fourth-order valence-electron chi connectivity index (χ4n) is 2.42. The first kappa shape index (κ1) is 11.6. The minimum atomic E-state index is 0.394. The van der Waals surface area contributed by atoms with E-state index in [1.807, 2.05) is 12.3 Å². The minimum absolute atomic E-state index is 0.394. The van der Waals surface area contributed by atoms with Crippen molar-refractivity contribution in [3.8, 4) is 0 Å². The first-order chi connectivity index (χ1) is 7.79. The molecule has 3 heteroatoms. The molecule has 3 nitrogen and oxygen atoms in total. The molecule has 0 aliphatic carbocycles. The predicted octanol–water partition coefficient (Wildman–Crippen LogP) is 1.64. The molecule has 0 amide bonds. The Bertz CT molecular complexity index is 312. The van der Waals surface area contributed by atoms with Gasteiger partial charge >= 0.3 is 0 Å². The number of nitrogens with zero attached hydrogens (tertiary/aromatic N) is 2. The van der Waals surface area contributed by atoms with Crippen LogP contribution in [0.5, 0.6) is 0 Å². The highest BCUT2D eigenvalue weighted by atomic mass is 15.1. The molecule has 1 saturated heterocycles. The molecular weight excluding hydrogens is 198 g/mol. The Hall–Kier alpha value is -0.930. The summed E-state index contributed by atoms with van der Waals surface area (Å²) in [5, 5.41) is 0. The van der Waals surface area contributed by atoms with Crippen molar-refractivity contribution in [1.29, 1.82) is 0 Å². The molecule has 2 heterocycles. The zero-order valence-electron chi connectivity index (χ0n) is 9.97. The molecule has 2 atom stereocenters. The van der Waals surface area contributed by atoms with Crippen LogP contribution in [-0.4, -0.2) is 29.0 Å². The summed E-state index contributed by atoms with van der Waals surface area (Å²) in [6.45, 7) is 5.42. The van der Waals surface area contributed by atoms with E-state index in [1.54, 1.807) is 0 Å². The van der Waals surface area contributed by atoms with Gasteiger partial charge in [0.05, 0.1) is 5.69 Å². The Morgan fingerprint density at radius 2 is 2.38 bits per heavy atom. The van der Waals surface area contributed by atoms with E-state index in [1.165, 1.54) is 6.42 Å². The monoisotopic (exact) mass is 219 g/mol. The quantitative estimate of drug-likeness (QED) is 0.840. The van der Waals surface area contributed by atoms with Crippen molar-refractivity contribution in [1.82, 2.24) is 9.88 Å². The molecule has 0 spiro atoms. The molecule has 1 aliphatic rings. The number of piperidine rings is 1. The lowest BCUT2D eigenvalue weighted by Gasteiger charge is -2.36. The second-order valence-corrected chi connectivity index (χ2v) is 4.68. The summed E-state index contributed by atoms with van der Waals surface area (Å²) in [6.07, 6.45) is 4.16. The summed E-state index contributed by atoms with van der Waals surface area (Å²) in [7, 11) is 0. The van der Waals surface area contributed by atoms with Crippen LogP contribution in [0.3, 0.4) is 0 Å². The van der Waals surface area contributed by atoms with Gasteiger partial charge < -0.3 is 5.73 Å². The van der Waals surface area contributed by atoms with Crippen molar-refractivity contribution < 1.29 is 0 Å². The molecule has 0 radical (unpaired) electrons. The molecule has 0 saturated carbocycles. The summed E-state index contributed by atoms with van der Waals surface area (Å²) in [5.41, 5.74) is 7.26. The lowest BCUT2D eigenvalue weighted by atomic mass is 9.90. The number of hydrogen-bond acceptors (Lipinski definition) is 3. The predicted molar refractivity (Wildman–Crippen MR) is 65.9 cm³/mol. The first-order valence-electron chi connectivity index (χ1n) is 6.17. The van der Waals surface area contributed by atoms with Gasteiger partial charge in [0, 0.05) is 31.9 Å². The molecule has 16 heavy (non-hydrogen) atoms. The van der Waals surface area contributed by atoms with E-state index in [2.05, 4.69) is 28.9 Å². The van der Waals surface area contributed by atoms with Crippen molar-refractivity contribution in [3.05, 3.63) is 30.1 Å². The van der Waals surface area contributed by atoms with Crippen LogP contribution in [0.15, 0.2) is 24.4 Å². The highest BCUT2D eigenvalue weighted by Gasteiger charge is 2.25. The zero-order valence-corrected chi connectivity index (χ0v) is 9.97. The van der Waals surface area contributed by atoms with Crippen molar-refractivity contribution in [3.63, 3.8) is 0 Å². The number of nitrogens with two attached hydrogens (primary N) is 1. The van der Waals surface area contributed by atoms with Crippen molar-refractivity contribution in [2.24, 2.45) is 11.7 Å². The van der Waals surface area contributed by atoms with Crippen LogP contribution >= 0.6 is 0 Å². The Labute approximate surface area is 97.7 Å². The maximum Gasteiger partial charge on any atom is 0.0543 e. The molecule has 2 rings (SSSR count). The average Bonchev–Trinajstić information content (AvgIpc) is 2.33. The van der Waals surface area contributed by atoms with Crippen LogP contribution in [-0.2, 0) is 6.54 Å². The number of aromatic nitrogens is 1. The van der Waals surface area contributed by atoms with Crippen LogP contribution < -0.4 is 5.73 Å². The van der Waals surface area contributed by atoms with E-state index in [4.69, 9.17) is 5.73 Å². The largest absolute Gasteiger partial charge is 0.327 e. The third kappa shape index (κ3) is 2.80. The van der Waals surface area contributed by atoms with E-state index < -0.39 is 0 Å². The normalized spacial score (nSPS) is 26.9. The summed E-state index contributed by atoms with van der Waals surface area (Å²) >= 11 is 0. The third-order valence-corrected chi connectivity index (χ3v) is 3.51. The van der Waals surface area contributed by atoms with Gasteiger partial charge in [-0.05, 0) is 24.5 Å². The van der Waals surface area contributed by atoms with Crippen LogP contribution in [0, 0.1) is 5.92 Å². The Kier molecular flexibility index (Phi) is 3.91. The molecule has 88 valence electrons. The van der Waals surface area contributed by atoms with E-state index >= 15 is 0 Å². The molecule has 0 bridgehead atoms. The third-order valence-electron chi connectivity index (χ3n) is 3.51. The zero-order chi connectivity index (χ0) is 11.4. The first-order valence-corrected chi connectivity index (χ1v) is 6.17. The van der Waals surface area contributed by atoms with Crippen molar-refractivity contribution in [2.45, 2.75) is 32.4 Å². The fraction of sp³-hybridized carbons (Fsp3) is 0.615. The Balaban J connectivity index is 1.92. The number of rotatable bonds is 3. The summed E-state index contributed by atoms with van der Waals surface area (Å²) < 4.78 is 0. The van der Waals surface area contributed by atoms with E-state index in [0.717, 1.165) is 31.7 Å². The fourth-order valence-corrected chi connectivity index (χ4v) is 2.42. The minimum Gasteiger partial charge on any atom is -0.327 e. The average molecular weight is 219 g/mol. The van der Waals surface area contributed by atoms with Crippen LogP contribution in [0.2, 0.25) is 0 Å². The van der Waals surface area contributed by atoms with Gasteiger partial charge in [0.2, 0.25) is 0 Å². The van der Waals surface area contributed by atoms with Crippen molar-refractivity contribution in [2.75, 3.05) is 13.1 Å². The molecule has 1 fully saturated rings. The lowest BCUT2D eigenvalue weighted by molar-refractivity contribution is 0.144. The maximum atomic E-state index is 6.10. The molecule has 2 N–H and O–H groups in total. The highest BCUT2D eigenvalue weighted by molar-refractivity contribution is 5.03. The van der Waals surface area contributed by atoms with Crippen molar-refractivity contribution >= 4 is 0 Å². The smallest absolute Gasteiger partial charge is 0.0543 e. The van der Waals surface area contributed by atoms with Gasteiger partial charge in [-0.1, -0.05) is 19.4 Å². The highest BCUT2D eigenvalue weighted by Crippen LogP contribution is 2.19. The maximum absolute atomic E-state index is 6.10. The Morgan fingerprint density at radius 1 is 1.50 bits per heavy atom. The molecule has 0 aromatic carbocycles. The van der Waals surface area contributed by atoms with Gasteiger partial charge in [-0.25, -0.2) is 0 Å². The number of pyridine rings is 1. The topological polar surface area (TPSA) is 42.2 Å². The number of hydrogen-bond donors (Lipinski definition) is 1. The second kappa shape index (κ2) is 5.41. The van der Waals surface area contributed by atoms with E-state index in [-0.39, 0.29) is 0 Å². The van der Waals surface area contributed by atoms with Crippen LogP contribution in [0.1, 0.15) is 25.5 Å². The molecule has 2 unspecified atom stereocenters. The number of likely N-dealkylation sites (tertiary alicyclic amines) is 1. The van der Waals surface area contributed by atoms with E-state index in [0.29, 0.717) is 12.0 Å². The Morgan fingerprint density at radius 3 is 3.06 bits per heavy atom. The molecule has 1 aromatic rings. The second-order valence-electron chi connectivity index (χ2n) is 4.68. The molecular formula is C13H21N3. The van der Waals surface area contributed by atoms with Gasteiger partial charge in [-0.3, -0.25) is 9.88 Å². The molecule has 1 aliphatic heterocycles. The van der Waals surface area contributed by atoms with E-state index in [9.17, 15) is 0 Å². The van der Waals surface area contributed by atoms with Gasteiger partial charge in [0.1, 0.15) is 0 Å². The van der Waals surface area contributed by atoms with Crippen LogP contribution in [0.25, 0.3) is 0 Å². The standard InChI is InChI=1S/C13H21N3/c1-2-11-9-16(8-6-13(11)14)10-12-5-3-4-7-15-12/h3-5,7,11,13H,2,6,8-10,14H2,1H3. The van der Waals surface area contributed by atoms with Crippen LogP contribution in [0.4, 0.5) is 0 Å². The lowest BCUT2D eigenvalue weighted by Crippen LogP contribution is -2.46. The van der Waals surface area contributed by atoms with Gasteiger partial charge in [-0.15, -0.1) is 0 Å². The summed E-state index contributed by atoms with van der Waals surface area (Å²) in [6, 6.07) is 6.50.